The molecule has 0 amide bonds. The zero-order valence-electron chi connectivity index (χ0n) is 12.4. The van der Waals surface area contributed by atoms with Crippen molar-refractivity contribution in [3.8, 4) is 0 Å². The molecule has 3 rings (SSSR count). The second kappa shape index (κ2) is 6.56. The lowest BCUT2D eigenvalue weighted by Crippen LogP contribution is -2.52. The fourth-order valence-corrected chi connectivity index (χ4v) is 3.55. The number of ether oxygens (including phenoxy) is 1. The third-order valence-electron chi connectivity index (χ3n) is 4.71. The molecule has 0 spiro atoms. The zero-order valence-corrected chi connectivity index (χ0v) is 12.4. The molecule has 120 valence electrons. The van der Waals surface area contributed by atoms with Gasteiger partial charge in [-0.15, -0.1) is 0 Å². The highest BCUT2D eigenvalue weighted by Crippen LogP contribution is 2.38. The zero-order chi connectivity index (χ0) is 15.0. The van der Waals surface area contributed by atoms with E-state index in [9.17, 15) is 14.7 Å². The number of piperidine rings is 1. The van der Waals surface area contributed by atoms with Crippen molar-refractivity contribution in [2.45, 2.75) is 37.5 Å². The van der Waals surface area contributed by atoms with Crippen molar-refractivity contribution in [3.05, 3.63) is 35.9 Å². The van der Waals surface area contributed by atoms with E-state index < -0.39 is 24.0 Å². The lowest BCUT2D eigenvalue weighted by Gasteiger charge is -2.39. The number of carbonyl (C=O) groups is 2. The second-order valence-corrected chi connectivity index (χ2v) is 5.87. The minimum atomic E-state index is -0.727. The summed E-state index contributed by atoms with van der Waals surface area (Å²) in [7, 11) is 1.97. The summed E-state index contributed by atoms with van der Waals surface area (Å²) in [6.07, 6.45) is 1.67. The van der Waals surface area contributed by atoms with Gasteiger partial charge in [-0.05, 0) is 38.4 Å². The Bertz CT molecular complexity index is 547. The number of rotatable bonds is 2. The molecule has 6 heteroatoms. The molecule has 0 unspecified atom stereocenters. The van der Waals surface area contributed by atoms with Crippen LogP contribution < -0.4 is 0 Å². The molecule has 2 bridgehead atoms. The highest BCUT2D eigenvalue weighted by molar-refractivity contribution is 5.97. The number of hydrogen-bond donors (Lipinski definition) is 1. The first-order valence-electron chi connectivity index (χ1n) is 7.29. The Hall–Kier alpha value is -1.76. The maximum absolute atomic E-state index is 12.3. The summed E-state index contributed by atoms with van der Waals surface area (Å²) in [4.78, 5) is 26.4. The fraction of sp³-hybridized carbons (Fsp3) is 0.500. The molecule has 2 heterocycles. The van der Waals surface area contributed by atoms with Crippen LogP contribution >= 0.6 is 0 Å². The Morgan fingerprint density at radius 1 is 1.23 bits per heavy atom. The summed E-state index contributed by atoms with van der Waals surface area (Å²) in [6, 6.07) is 8.72. The van der Waals surface area contributed by atoms with Gasteiger partial charge in [-0.3, -0.25) is 9.69 Å². The molecule has 0 saturated carbocycles. The number of hydrogen-bond acceptors (Lipinski definition) is 5. The second-order valence-electron chi connectivity index (χ2n) is 5.87. The van der Waals surface area contributed by atoms with Gasteiger partial charge >= 0.3 is 11.9 Å². The molecule has 0 radical (unpaired) electrons. The van der Waals surface area contributed by atoms with Gasteiger partial charge in [-0.1, -0.05) is 18.2 Å². The van der Waals surface area contributed by atoms with Gasteiger partial charge < -0.3 is 15.3 Å². The normalized spacial score (nSPS) is 30.5. The van der Waals surface area contributed by atoms with Crippen molar-refractivity contribution in [1.82, 2.24) is 4.90 Å². The first-order chi connectivity index (χ1) is 10.1. The minimum Gasteiger partial charge on any atom is -0.412 e. The number of nitrogens with zero attached hydrogens (tertiary/aromatic N) is 1. The van der Waals surface area contributed by atoms with Crippen LogP contribution in [0.2, 0.25) is 0 Å². The van der Waals surface area contributed by atoms with Gasteiger partial charge in [0.1, 0.15) is 0 Å². The summed E-state index contributed by atoms with van der Waals surface area (Å²) in [6.45, 7) is 0. The molecule has 0 aliphatic carbocycles. The lowest BCUT2D eigenvalue weighted by molar-refractivity contribution is -0.152. The molecular formula is C16H21NO5. The van der Waals surface area contributed by atoms with E-state index in [1.165, 1.54) is 0 Å². The van der Waals surface area contributed by atoms with Crippen molar-refractivity contribution >= 4 is 11.9 Å². The van der Waals surface area contributed by atoms with Crippen LogP contribution in [0.5, 0.6) is 0 Å². The average molecular weight is 307 g/mol. The number of benzene rings is 1. The number of aliphatic hydroxyl groups is 1. The molecule has 2 aliphatic heterocycles. The highest BCUT2D eigenvalue weighted by atomic mass is 16.6. The quantitative estimate of drug-likeness (QED) is 0.629. The summed E-state index contributed by atoms with van der Waals surface area (Å²) in [5.74, 6) is -1.91. The van der Waals surface area contributed by atoms with Crippen LogP contribution in [0, 0.1) is 5.92 Å². The van der Waals surface area contributed by atoms with Crippen LogP contribution in [0.1, 0.15) is 29.6 Å². The van der Waals surface area contributed by atoms with Gasteiger partial charge in [0, 0.05) is 12.1 Å². The smallest absolute Gasteiger partial charge is 0.345 e. The van der Waals surface area contributed by atoms with Crippen LogP contribution in [0.4, 0.5) is 0 Å². The molecule has 6 nitrogen and oxygen atoms in total. The monoisotopic (exact) mass is 307 g/mol. The molecule has 0 aromatic heterocycles. The summed E-state index contributed by atoms with van der Waals surface area (Å²) >= 11 is 0. The summed E-state index contributed by atoms with van der Waals surface area (Å²) in [5.41, 5.74) is 0.341. The predicted octanol–water partition coefficient (Wildman–Crippen LogP) is 0.389. The van der Waals surface area contributed by atoms with E-state index in [1.54, 1.807) is 30.3 Å². The average Bonchev–Trinajstić information content (AvgIpc) is 2.72. The van der Waals surface area contributed by atoms with E-state index in [4.69, 9.17) is 4.74 Å². The fourth-order valence-electron chi connectivity index (χ4n) is 3.55. The Kier molecular flexibility index (Phi) is 4.95. The SMILES string of the molecule is CN1[C@H]2CC[C@@H]1[C@@H](C(=O)OC(=O)c1ccccc1)[C@@H](O)C2.O. The molecule has 22 heavy (non-hydrogen) atoms. The van der Waals surface area contributed by atoms with E-state index in [-0.39, 0.29) is 11.5 Å². The van der Waals surface area contributed by atoms with E-state index in [2.05, 4.69) is 4.90 Å². The van der Waals surface area contributed by atoms with Crippen molar-refractivity contribution in [3.63, 3.8) is 0 Å². The first kappa shape index (κ1) is 16.6. The van der Waals surface area contributed by atoms with E-state index >= 15 is 0 Å². The maximum Gasteiger partial charge on any atom is 0.345 e. The standard InChI is InChI=1S/C16H19NO4.H2O/c1-17-11-7-8-12(17)14(13(18)9-11)16(20)21-15(19)10-5-3-2-4-6-10;/h2-6,11-14,18H,7-9H2,1H3;1H2/t11-,12+,13-,14+;/m0./s1. The van der Waals surface area contributed by atoms with Gasteiger partial charge in [-0.25, -0.2) is 4.79 Å². The van der Waals surface area contributed by atoms with Gasteiger partial charge in [-0.2, -0.15) is 0 Å². The number of esters is 2. The topological polar surface area (TPSA) is 98.3 Å². The third-order valence-corrected chi connectivity index (χ3v) is 4.71. The summed E-state index contributed by atoms with van der Waals surface area (Å²) in [5, 5.41) is 10.2. The van der Waals surface area contributed by atoms with Crippen LogP contribution in [0.25, 0.3) is 0 Å². The highest BCUT2D eigenvalue weighted by Gasteiger charge is 2.49. The van der Waals surface area contributed by atoms with Crippen LogP contribution in [-0.4, -0.2) is 52.7 Å². The van der Waals surface area contributed by atoms with Crippen molar-refractivity contribution < 1.29 is 24.9 Å². The van der Waals surface area contributed by atoms with Gasteiger partial charge in [0.2, 0.25) is 0 Å². The number of fused-ring (bicyclic) bond motifs is 2. The van der Waals surface area contributed by atoms with Crippen molar-refractivity contribution in [1.29, 1.82) is 0 Å². The third kappa shape index (κ3) is 2.90. The van der Waals surface area contributed by atoms with E-state index in [0.717, 1.165) is 12.8 Å². The maximum atomic E-state index is 12.3. The Morgan fingerprint density at radius 3 is 2.59 bits per heavy atom. The predicted molar refractivity (Wildman–Crippen MR) is 79.2 cm³/mol. The van der Waals surface area contributed by atoms with Crippen LogP contribution in [0.15, 0.2) is 30.3 Å². The molecule has 1 aromatic rings. The van der Waals surface area contributed by atoms with Gasteiger partial charge in [0.15, 0.2) is 0 Å². The molecule has 2 aliphatic rings. The van der Waals surface area contributed by atoms with E-state index in [1.807, 2.05) is 7.05 Å². The molecular weight excluding hydrogens is 286 g/mol. The molecule has 3 N–H and O–H groups in total. The largest absolute Gasteiger partial charge is 0.412 e. The number of aliphatic hydroxyl groups excluding tert-OH is 1. The van der Waals surface area contributed by atoms with Gasteiger partial charge in [0.25, 0.3) is 0 Å². The molecule has 1 aromatic carbocycles. The van der Waals surface area contributed by atoms with Crippen molar-refractivity contribution in [2.75, 3.05) is 7.05 Å². The Balaban J connectivity index is 0.00000176. The van der Waals surface area contributed by atoms with Crippen LogP contribution in [-0.2, 0) is 9.53 Å². The molecule has 2 saturated heterocycles. The van der Waals surface area contributed by atoms with E-state index in [0.29, 0.717) is 18.0 Å². The number of carbonyl (C=O) groups excluding carboxylic acids is 2. The minimum absolute atomic E-state index is 0. The van der Waals surface area contributed by atoms with Gasteiger partial charge in [0.05, 0.1) is 17.6 Å². The first-order valence-corrected chi connectivity index (χ1v) is 7.29. The Labute approximate surface area is 129 Å². The molecule has 2 fully saturated rings. The molecule has 4 atom stereocenters. The lowest BCUT2D eigenvalue weighted by atomic mass is 9.88. The summed E-state index contributed by atoms with van der Waals surface area (Å²) < 4.78 is 4.98. The van der Waals surface area contributed by atoms with Crippen molar-refractivity contribution in [2.24, 2.45) is 5.92 Å². The Morgan fingerprint density at radius 2 is 1.91 bits per heavy atom. The van der Waals surface area contributed by atoms with Crippen LogP contribution in [0.3, 0.4) is 0 Å².